The van der Waals surface area contributed by atoms with Crippen LogP contribution in [-0.4, -0.2) is 8.42 Å². The van der Waals surface area contributed by atoms with Gasteiger partial charge in [0.25, 0.3) is 9.05 Å². The molecule has 0 fully saturated rings. The van der Waals surface area contributed by atoms with Crippen molar-refractivity contribution >= 4 is 35.7 Å². The van der Waals surface area contributed by atoms with Gasteiger partial charge in [-0.1, -0.05) is 0 Å². The highest BCUT2D eigenvalue weighted by atomic mass is 79.9. The van der Waals surface area contributed by atoms with Gasteiger partial charge in [0.05, 0.1) is 5.56 Å². The Kier molecular flexibility index (Phi) is 3.14. The molecule has 0 atom stereocenters. The highest BCUT2D eigenvalue weighted by Crippen LogP contribution is 2.29. The Morgan fingerprint density at radius 2 is 2.07 bits per heavy atom. The van der Waals surface area contributed by atoms with Gasteiger partial charge in [0.1, 0.15) is 11.0 Å². The molecule has 14 heavy (non-hydrogen) atoms. The van der Waals surface area contributed by atoms with E-state index in [4.69, 9.17) is 15.9 Å². The van der Waals surface area contributed by atoms with Gasteiger partial charge >= 0.3 is 0 Å². The van der Waals surface area contributed by atoms with E-state index in [1.165, 1.54) is 12.1 Å². The first kappa shape index (κ1) is 11.4. The van der Waals surface area contributed by atoms with E-state index in [-0.39, 0.29) is 10.0 Å². The maximum Gasteiger partial charge on any atom is 0.265 e. The second-order valence-corrected chi connectivity index (χ2v) is 5.64. The summed E-state index contributed by atoms with van der Waals surface area (Å²) in [7, 11) is 0.793. The molecule has 0 saturated carbocycles. The number of nitriles is 1. The molecule has 0 heterocycles. The summed E-state index contributed by atoms with van der Waals surface area (Å²) in [6.07, 6.45) is 0. The maximum atomic E-state index is 13.3. The summed E-state index contributed by atoms with van der Waals surface area (Å²) in [6, 6.07) is 3.92. The summed E-state index contributed by atoms with van der Waals surface area (Å²) in [4.78, 5) is -0.710. The van der Waals surface area contributed by atoms with Crippen molar-refractivity contribution in [2.45, 2.75) is 4.90 Å². The first-order valence-electron chi connectivity index (χ1n) is 3.20. The lowest BCUT2D eigenvalue weighted by molar-refractivity contribution is 0.571. The Labute approximate surface area is 92.7 Å². The van der Waals surface area contributed by atoms with Crippen LogP contribution in [-0.2, 0) is 9.05 Å². The van der Waals surface area contributed by atoms with E-state index < -0.39 is 19.8 Å². The Balaban J connectivity index is 3.68. The summed E-state index contributed by atoms with van der Waals surface area (Å²) in [6.45, 7) is 0. The zero-order chi connectivity index (χ0) is 10.9. The fourth-order valence-electron chi connectivity index (χ4n) is 0.842. The molecule has 0 unspecified atom stereocenters. The van der Waals surface area contributed by atoms with Crippen molar-refractivity contribution in [3.05, 3.63) is 28.0 Å². The first-order chi connectivity index (χ1) is 6.38. The molecule has 7 heteroatoms. The molecule has 3 nitrogen and oxygen atoms in total. The van der Waals surface area contributed by atoms with Crippen LogP contribution in [0.4, 0.5) is 4.39 Å². The Morgan fingerprint density at radius 1 is 1.50 bits per heavy atom. The van der Waals surface area contributed by atoms with Crippen LogP contribution in [0.5, 0.6) is 0 Å². The molecule has 0 radical (unpaired) electrons. The van der Waals surface area contributed by atoms with E-state index in [0.717, 1.165) is 6.07 Å². The fraction of sp³-hybridized carbons (Fsp3) is 0. The summed E-state index contributed by atoms with van der Waals surface area (Å²) in [5.74, 6) is -1.14. The van der Waals surface area contributed by atoms with E-state index >= 15 is 0 Å². The van der Waals surface area contributed by atoms with Gasteiger partial charge in [-0.05, 0) is 28.1 Å². The second kappa shape index (κ2) is 3.85. The second-order valence-electron chi connectivity index (χ2n) is 2.29. The van der Waals surface area contributed by atoms with Crippen molar-refractivity contribution in [3.63, 3.8) is 0 Å². The molecular weight excluding hydrogens is 297 g/mol. The van der Waals surface area contributed by atoms with E-state index in [9.17, 15) is 12.8 Å². The maximum absolute atomic E-state index is 13.3. The largest absolute Gasteiger partial charge is 0.265 e. The lowest BCUT2D eigenvalue weighted by Gasteiger charge is -2.02. The average Bonchev–Trinajstić information content (AvgIpc) is 2.02. The molecule has 0 spiro atoms. The fourth-order valence-corrected chi connectivity index (χ4v) is 3.15. The third kappa shape index (κ3) is 2.05. The summed E-state index contributed by atoms with van der Waals surface area (Å²) >= 11 is 2.83. The SMILES string of the molecule is N#Cc1ccc(Br)c(S(=O)(=O)Cl)c1F. The van der Waals surface area contributed by atoms with Crippen LogP contribution in [0, 0.1) is 17.1 Å². The van der Waals surface area contributed by atoms with Gasteiger partial charge in [-0.15, -0.1) is 0 Å². The quantitative estimate of drug-likeness (QED) is 0.748. The van der Waals surface area contributed by atoms with Gasteiger partial charge in [0, 0.05) is 15.2 Å². The first-order valence-corrected chi connectivity index (χ1v) is 6.31. The van der Waals surface area contributed by atoms with Gasteiger partial charge in [0.2, 0.25) is 0 Å². The van der Waals surface area contributed by atoms with Crippen LogP contribution in [0.3, 0.4) is 0 Å². The lowest BCUT2D eigenvalue weighted by atomic mass is 10.2. The summed E-state index contributed by atoms with van der Waals surface area (Å²) in [5, 5.41) is 8.46. The monoisotopic (exact) mass is 297 g/mol. The zero-order valence-corrected chi connectivity index (χ0v) is 9.62. The third-order valence-electron chi connectivity index (χ3n) is 1.41. The Hall–Kier alpha value is -0.640. The standard InChI is InChI=1S/C7H2BrClFNO2S/c8-5-2-1-4(3-11)6(10)7(5)14(9,12)13/h1-2H. The van der Waals surface area contributed by atoms with E-state index in [2.05, 4.69) is 15.9 Å². The normalized spacial score (nSPS) is 11.0. The molecule has 0 aliphatic rings. The number of nitrogens with zero attached hydrogens (tertiary/aromatic N) is 1. The summed E-state index contributed by atoms with van der Waals surface area (Å²) in [5.41, 5.74) is -0.368. The van der Waals surface area contributed by atoms with Crippen molar-refractivity contribution in [3.8, 4) is 6.07 Å². The Bertz CT molecular complexity index is 523. The van der Waals surface area contributed by atoms with E-state index in [1.54, 1.807) is 0 Å². The zero-order valence-electron chi connectivity index (χ0n) is 6.46. The van der Waals surface area contributed by atoms with Crippen molar-refractivity contribution in [2.75, 3.05) is 0 Å². The number of hydrogen-bond donors (Lipinski definition) is 0. The van der Waals surface area contributed by atoms with Crippen molar-refractivity contribution in [2.24, 2.45) is 0 Å². The van der Waals surface area contributed by atoms with E-state index in [1.807, 2.05) is 0 Å². The van der Waals surface area contributed by atoms with Gasteiger partial charge in [-0.3, -0.25) is 0 Å². The lowest BCUT2D eigenvalue weighted by Crippen LogP contribution is -1.99. The van der Waals surface area contributed by atoms with Crippen molar-refractivity contribution in [1.29, 1.82) is 5.26 Å². The predicted molar refractivity (Wildman–Crippen MR) is 51.9 cm³/mol. The van der Waals surface area contributed by atoms with Gasteiger partial charge in [-0.25, -0.2) is 12.8 Å². The molecular formula is C7H2BrClFNO2S. The predicted octanol–water partition coefficient (Wildman–Crippen LogP) is 2.39. The van der Waals surface area contributed by atoms with Crippen molar-refractivity contribution in [1.82, 2.24) is 0 Å². The molecule has 74 valence electrons. The molecule has 1 aromatic rings. The minimum atomic E-state index is -4.20. The van der Waals surface area contributed by atoms with Gasteiger partial charge in [0.15, 0.2) is 5.82 Å². The molecule has 0 N–H and O–H groups in total. The third-order valence-corrected chi connectivity index (χ3v) is 3.69. The molecule has 1 rings (SSSR count). The van der Waals surface area contributed by atoms with E-state index in [0.29, 0.717) is 0 Å². The molecule has 0 saturated heterocycles. The molecule has 0 bridgehead atoms. The van der Waals surface area contributed by atoms with Crippen LogP contribution < -0.4 is 0 Å². The van der Waals surface area contributed by atoms with Crippen LogP contribution in [0.2, 0.25) is 0 Å². The van der Waals surface area contributed by atoms with Crippen molar-refractivity contribution < 1.29 is 12.8 Å². The number of hydrogen-bond acceptors (Lipinski definition) is 3. The highest BCUT2D eigenvalue weighted by Gasteiger charge is 2.22. The van der Waals surface area contributed by atoms with Crippen LogP contribution >= 0.6 is 26.6 Å². The topological polar surface area (TPSA) is 57.9 Å². The molecule has 0 aliphatic carbocycles. The smallest absolute Gasteiger partial charge is 0.207 e. The van der Waals surface area contributed by atoms with Crippen LogP contribution in [0.25, 0.3) is 0 Å². The average molecular weight is 299 g/mol. The highest BCUT2D eigenvalue weighted by molar-refractivity contribution is 9.10. The molecule has 0 aromatic heterocycles. The van der Waals surface area contributed by atoms with Crippen LogP contribution in [0.15, 0.2) is 21.5 Å². The number of halogens is 3. The minimum Gasteiger partial charge on any atom is -0.207 e. The molecule has 0 amide bonds. The molecule has 0 aliphatic heterocycles. The molecule has 1 aromatic carbocycles. The number of rotatable bonds is 1. The van der Waals surface area contributed by atoms with Crippen LogP contribution in [0.1, 0.15) is 5.56 Å². The summed E-state index contributed by atoms with van der Waals surface area (Å²) < 4.78 is 35.2. The van der Waals surface area contributed by atoms with Gasteiger partial charge in [-0.2, -0.15) is 5.26 Å². The minimum absolute atomic E-state index is 0.0102. The van der Waals surface area contributed by atoms with Gasteiger partial charge < -0.3 is 0 Å². The number of benzene rings is 1. The Morgan fingerprint density at radius 3 is 2.50 bits per heavy atom.